The van der Waals surface area contributed by atoms with Crippen LogP contribution >= 0.6 is 7.82 Å². The van der Waals surface area contributed by atoms with Crippen molar-refractivity contribution in [2.45, 2.75) is 199 Å². The van der Waals surface area contributed by atoms with Crippen LogP contribution < -0.4 is 0 Å². The number of rotatable bonds is 40. The van der Waals surface area contributed by atoms with Gasteiger partial charge in [-0.25, -0.2) is 4.57 Å². The topological polar surface area (TPSA) is 189 Å². The number of aliphatic hydroxyl groups is 4. The molecule has 0 radical (unpaired) electrons. The molecule has 5 atom stereocenters. The number of esters is 2. The number of hydrogen-bond acceptors (Lipinski definition) is 11. The van der Waals surface area contributed by atoms with Crippen molar-refractivity contribution in [3.05, 3.63) is 36.5 Å². The average molecular weight is 833 g/mol. The molecule has 0 fully saturated rings. The fourth-order valence-corrected chi connectivity index (χ4v) is 6.66. The first-order valence-electron chi connectivity index (χ1n) is 22.0. The van der Waals surface area contributed by atoms with E-state index in [0.717, 1.165) is 44.4 Å². The monoisotopic (exact) mass is 833 g/mol. The Morgan fingerprint density at radius 3 is 1.75 bits per heavy atom. The standard InChI is InChI=1S/C44H81O12P/c1-4-5-6-7-8-9-10-14-17-20-23-26-30-41(47)42(48)31-28-33-44(50)56-40(37-55-57(51,52)54-35-39(46)34-45)36-53-43(49)32-27-24-21-18-15-12-11-13-16-19-22-25-29-38(2)3/h8-9,14,17,23,26,38-42,45-48H,4-7,10-13,15-16,18-22,24-25,27-37H2,1-3H3,(H,51,52)/b9-8-,17-14-,26-23-/t39-,40+,41?,42?/m0/s1. The predicted molar refractivity (Wildman–Crippen MR) is 226 cm³/mol. The number of phosphoric ester groups is 1. The highest BCUT2D eigenvalue weighted by molar-refractivity contribution is 7.47. The van der Waals surface area contributed by atoms with Crippen LogP contribution in [0, 0.1) is 5.92 Å². The van der Waals surface area contributed by atoms with E-state index in [9.17, 15) is 34.4 Å². The zero-order valence-electron chi connectivity index (χ0n) is 35.7. The van der Waals surface area contributed by atoms with Gasteiger partial charge in [0.2, 0.25) is 0 Å². The molecular formula is C44H81O12P. The minimum Gasteiger partial charge on any atom is -0.462 e. The molecule has 0 spiro atoms. The lowest BCUT2D eigenvalue weighted by Crippen LogP contribution is -2.30. The van der Waals surface area contributed by atoms with Crippen LogP contribution in [-0.2, 0) is 32.7 Å². The molecule has 0 aromatic carbocycles. The number of carbonyl (C=O) groups is 2. The lowest BCUT2D eigenvalue weighted by atomic mass is 10.0. The van der Waals surface area contributed by atoms with Gasteiger partial charge in [0, 0.05) is 12.8 Å². The Hall–Kier alpha value is -1.89. The number of ether oxygens (including phenoxy) is 2. The Labute approximate surface area is 345 Å². The molecule has 0 aliphatic carbocycles. The molecule has 0 saturated carbocycles. The van der Waals surface area contributed by atoms with E-state index in [2.05, 4.69) is 49.6 Å². The van der Waals surface area contributed by atoms with Gasteiger partial charge in [0.25, 0.3) is 0 Å². The van der Waals surface area contributed by atoms with Gasteiger partial charge in [-0.2, -0.15) is 0 Å². The molecule has 0 saturated heterocycles. The molecular weight excluding hydrogens is 751 g/mol. The van der Waals surface area contributed by atoms with Crippen molar-refractivity contribution in [1.29, 1.82) is 0 Å². The minimum absolute atomic E-state index is 0.129. The summed E-state index contributed by atoms with van der Waals surface area (Å²) in [5, 5.41) is 39.0. The second-order valence-electron chi connectivity index (χ2n) is 15.5. The SMILES string of the molecule is CCCCC/C=C\C/C=C\C/C=C\CC(O)C(O)CCCC(=O)O[C@H](COC(=O)CCCCCCCCCCCCCCC(C)C)COP(=O)(O)OC[C@@H](O)CO. The highest BCUT2D eigenvalue weighted by Crippen LogP contribution is 2.43. The smallest absolute Gasteiger partial charge is 0.462 e. The molecule has 0 amide bonds. The summed E-state index contributed by atoms with van der Waals surface area (Å²) in [6.07, 6.45) is 30.0. The molecule has 3 unspecified atom stereocenters. The molecule has 5 N–H and O–H groups in total. The third kappa shape index (κ3) is 38.1. The predicted octanol–water partition coefficient (Wildman–Crippen LogP) is 9.36. The van der Waals surface area contributed by atoms with Gasteiger partial charge in [-0.1, -0.05) is 147 Å². The Bertz CT molecular complexity index is 1100. The number of carbonyl (C=O) groups excluding carboxylic acids is 2. The van der Waals surface area contributed by atoms with Crippen LogP contribution in [0.1, 0.15) is 175 Å². The number of allylic oxidation sites excluding steroid dienone is 5. The van der Waals surface area contributed by atoms with E-state index in [1.54, 1.807) is 0 Å². The summed E-state index contributed by atoms with van der Waals surface area (Å²) >= 11 is 0. The first-order valence-corrected chi connectivity index (χ1v) is 23.5. The summed E-state index contributed by atoms with van der Waals surface area (Å²) in [7, 11) is -4.70. The van der Waals surface area contributed by atoms with Crippen LogP contribution in [0.15, 0.2) is 36.5 Å². The highest BCUT2D eigenvalue weighted by Gasteiger charge is 2.27. The third-order valence-corrected chi connectivity index (χ3v) is 10.4. The zero-order chi connectivity index (χ0) is 42.4. The summed E-state index contributed by atoms with van der Waals surface area (Å²) in [6.45, 7) is 4.33. The fraction of sp³-hybridized carbons (Fsp3) is 0.818. The molecule has 0 heterocycles. The van der Waals surface area contributed by atoms with E-state index in [1.807, 2.05) is 12.2 Å². The van der Waals surface area contributed by atoms with E-state index >= 15 is 0 Å². The van der Waals surface area contributed by atoms with Gasteiger partial charge in [-0.05, 0) is 57.3 Å². The molecule has 0 aromatic heterocycles. The van der Waals surface area contributed by atoms with Crippen molar-refractivity contribution in [1.82, 2.24) is 0 Å². The number of phosphoric acid groups is 1. The molecule has 13 heteroatoms. The van der Waals surface area contributed by atoms with Gasteiger partial charge in [0.15, 0.2) is 6.10 Å². The maximum Gasteiger partial charge on any atom is 0.472 e. The summed E-state index contributed by atoms with van der Waals surface area (Å²) in [6, 6.07) is 0. The van der Waals surface area contributed by atoms with Crippen LogP contribution in [0.5, 0.6) is 0 Å². The van der Waals surface area contributed by atoms with Crippen LogP contribution in [0.25, 0.3) is 0 Å². The van der Waals surface area contributed by atoms with Gasteiger partial charge >= 0.3 is 19.8 Å². The van der Waals surface area contributed by atoms with E-state index in [4.69, 9.17) is 19.1 Å². The Morgan fingerprint density at radius 2 is 1.16 bits per heavy atom. The summed E-state index contributed by atoms with van der Waals surface area (Å²) in [5.41, 5.74) is 0. The van der Waals surface area contributed by atoms with Gasteiger partial charge < -0.3 is 34.8 Å². The van der Waals surface area contributed by atoms with Crippen LogP contribution in [0.4, 0.5) is 0 Å². The summed E-state index contributed by atoms with van der Waals surface area (Å²) < 4.78 is 32.5. The van der Waals surface area contributed by atoms with Crippen molar-refractivity contribution in [2.24, 2.45) is 5.92 Å². The Kier molecular flexibility index (Phi) is 37.1. The first-order chi connectivity index (χ1) is 27.4. The normalized spacial score (nSPS) is 15.4. The maximum absolute atomic E-state index is 12.6. The second kappa shape index (κ2) is 38.3. The van der Waals surface area contributed by atoms with E-state index in [-0.39, 0.29) is 32.1 Å². The lowest BCUT2D eigenvalue weighted by Gasteiger charge is -2.20. The van der Waals surface area contributed by atoms with Crippen molar-refractivity contribution in [3.8, 4) is 0 Å². The van der Waals surface area contributed by atoms with Crippen molar-refractivity contribution in [2.75, 3.05) is 26.4 Å². The second-order valence-corrected chi connectivity index (χ2v) is 17.0. The van der Waals surface area contributed by atoms with Gasteiger partial charge in [0.05, 0.1) is 32.0 Å². The Morgan fingerprint density at radius 1 is 0.614 bits per heavy atom. The molecule has 0 bridgehead atoms. The van der Waals surface area contributed by atoms with Crippen molar-refractivity contribution < 1.29 is 58.0 Å². The Balaban J connectivity index is 4.54. The van der Waals surface area contributed by atoms with E-state index in [0.29, 0.717) is 6.42 Å². The molecule has 0 aliphatic heterocycles. The molecule has 57 heavy (non-hydrogen) atoms. The molecule has 334 valence electrons. The van der Waals surface area contributed by atoms with Gasteiger partial charge in [0.1, 0.15) is 12.7 Å². The molecule has 0 rings (SSSR count). The van der Waals surface area contributed by atoms with Crippen molar-refractivity contribution >= 4 is 19.8 Å². The van der Waals surface area contributed by atoms with Gasteiger partial charge in [-0.3, -0.25) is 18.6 Å². The zero-order valence-corrected chi connectivity index (χ0v) is 36.6. The molecule has 0 aliphatic rings. The van der Waals surface area contributed by atoms with E-state index < -0.39 is 70.6 Å². The molecule has 0 aromatic rings. The number of aliphatic hydroxyl groups excluding tert-OH is 4. The maximum atomic E-state index is 12.6. The van der Waals surface area contributed by atoms with Crippen LogP contribution in [-0.4, -0.2) is 88.1 Å². The average Bonchev–Trinajstić information content (AvgIpc) is 3.18. The van der Waals surface area contributed by atoms with Crippen molar-refractivity contribution in [3.63, 3.8) is 0 Å². The minimum atomic E-state index is -4.70. The van der Waals surface area contributed by atoms with Gasteiger partial charge in [-0.15, -0.1) is 0 Å². The summed E-state index contributed by atoms with van der Waals surface area (Å²) in [4.78, 5) is 35.0. The van der Waals surface area contributed by atoms with E-state index in [1.165, 1.54) is 77.0 Å². The van der Waals surface area contributed by atoms with Crippen LogP contribution in [0.2, 0.25) is 0 Å². The quantitative estimate of drug-likeness (QED) is 0.0171. The number of unbranched alkanes of at least 4 members (excludes halogenated alkanes) is 14. The molecule has 12 nitrogen and oxygen atoms in total. The lowest BCUT2D eigenvalue weighted by molar-refractivity contribution is -0.161. The largest absolute Gasteiger partial charge is 0.472 e. The third-order valence-electron chi connectivity index (χ3n) is 9.43. The first kappa shape index (κ1) is 55.1. The van der Waals surface area contributed by atoms with Crippen LogP contribution in [0.3, 0.4) is 0 Å². The fourth-order valence-electron chi connectivity index (χ4n) is 5.87. The number of hydrogen-bond donors (Lipinski definition) is 5. The highest BCUT2D eigenvalue weighted by atomic mass is 31.2. The summed E-state index contributed by atoms with van der Waals surface area (Å²) in [5.74, 6) is -0.412.